The summed E-state index contributed by atoms with van der Waals surface area (Å²) in [6.45, 7) is 0.544. The van der Waals surface area contributed by atoms with Gasteiger partial charge in [-0.15, -0.1) is 0 Å². The van der Waals surface area contributed by atoms with E-state index in [1.807, 2.05) is 0 Å². The van der Waals surface area contributed by atoms with Gasteiger partial charge in [-0.05, 0) is 19.3 Å². The van der Waals surface area contributed by atoms with Crippen LogP contribution in [0, 0.1) is 0 Å². The van der Waals surface area contributed by atoms with E-state index in [9.17, 15) is 4.79 Å². The molecule has 2 rings (SSSR count). The number of hydrogen-bond acceptors (Lipinski definition) is 3. The van der Waals surface area contributed by atoms with E-state index in [0.717, 1.165) is 12.8 Å². The third-order valence-corrected chi connectivity index (χ3v) is 2.35. The molecule has 1 amide bonds. The summed E-state index contributed by atoms with van der Waals surface area (Å²) < 4.78 is 0. The molecule has 1 saturated heterocycles. The number of aliphatic hydroxyl groups is 1. The van der Waals surface area contributed by atoms with Gasteiger partial charge in [0.25, 0.3) is 0 Å². The van der Waals surface area contributed by atoms with Gasteiger partial charge in [0.1, 0.15) is 0 Å². The second kappa shape index (κ2) is 3.03. The molecule has 0 aromatic carbocycles. The van der Waals surface area contributed by atoms with Crippen LogP contribution in [-0.2, 0) is 4.79 Å². The van der Waals surface area contributed by atoms with E-state index in [4.69, 9.17) is 5.11 Å². The fourth-order valence-corrected chi connectivity index (χ4v) is 1.45. The van der Waals surface area contributed by atoms with Crippen molar-refractivity contribution in [1.82, 2.24) is 10.6 Å². The van der Waals surface area contributed by atoms with Gasteiger partial charge in [0, 0.05) is 12.6 Å². The Morgan fingerprint density at radius 1 is 1.50 bits per heavy atom. The molecule has 0 aromatic heterocycles. The Morgan fingerprint density at radius 3 is 2.75 bits per heavy atom. The third kappa shape index (κ3) is 1.76. The minimum atomic E-state index is -0.347. The van der Waals surface area contributed by atoms with Gasteiger partial charge in [0.05, 0.1) is 12.1 Å². The fraction of sp³-hybridized carbons (Fsp3) is 0.875. The zero-order valence-corrected chi connectivity index (χ0v) is 6.92. The number of hydrogen-bond donors (Lipinski definition) is 3. The van der Waals surface area contributed by atoms with Gasteiger partial charge in [-0.1, -0.05) is 0 Å². The van der Waals surface area contributed by atoms with Crippen LogP contribution in [0.1, 0.15) is 19.3 Å². The van der Waals surface area contributed by atoms with Gasteiger partial charge < -0.3 is 15.7 Å². The number of aliphatic hydroxyl groups excluding tert-OH is 1. The van der Waals surface area contributed by atoms with E-state index in [2.05, 4.69) is 10.6 Å². The lowest BCUT2D eigenvalue weighted by Crippen LogP contribution is -2.41. The molecule has 1 aliphatic heterocycles. The summed E-state index contributed by atoms with van der Waals surface area (Å²) in [4.78, 5) is 11.4. The highest BCUT2D eigenvalue weighted by atomic mass is 16.3. The molecule has 0 bridgehead atoms. The molecule has 4 heteroatoms. The number of carbonyl (C=O) groups is 1. The highest BCUT2D eigenvalue weighted by Gasteiger charge is 2.31. The van der Waals surface area contributed by atoms with E-state index < -0.39 is 0 Å². The molecule has 3 N–H and O–H groups in total. The van der Waals surface area contributed by atoms with Crippen molar-refractivity contribution in [3.8, 4) is 0 Å². The topological polar surface area (TPSA) is 61.4 Å². The number of rotatable bonds is 2. The normalized spacial score (nSPS) is 35.1. The largest absolute Gasteiger partial charge is 0.392 e. The summed E-state index contributed by atoms with van der Waals surface area (Å²) in [5.41, 5.74) is 0. The van der Waals surface area contributed by atoms with Gasteiger partial charge in [-0.3, -0.25) is 4.79 Å². The van der Waals surface area contributed by atoms with Crippen LogP contribution in [0.4, 0.5) is 0 Å². The van der Waals surface area contributed by atoms with Crippen molar-refractivity contribution in [3.05, 3.63) is 0 Å². The van der Waals surface area contributed by atoms with Crippen LogP contribution in [0.25, 0.3) is 0 Å². The summed E-state index contributed by atoms with van der Waals surface area (Å²) in [5, 5.41) is 15.0. The molecule has 0 radical (unpaired) electrons. The zero-order valence-electron chi connectivity index (χ0n) is 6.92. The molecule has 12 heavy (non-hydrogen) atoms. The van der Waals surface area contributed by atoms with E-state index in [-0.39, 0.29) is 18.1 Å². The minimum absolute atomic E-state index is 0.0500. The van der Waals surface area contributed by atoms with E-state index >= 15 is 0 Å². The van der Waals surface area contributed by atoms with Crippen LogP contribution in [-0.4, -0.2) is 35.7 Å². The molecule has 4 nitrogen and oxygen atoms in total. The first-order chi connectivity index (χ1) is 5.75. The van der Waals surface area contributed by atoms with Crippen molar-refractivity contribution in [2.24, 2.45) is 0 Å². The van der Waals surface area contributed by atoms with E-state index in [1.165, 1.54) is 0 Å². The maximum Gasteiger partial charge on any atom is 0.237 e. The summed E-state index contributed by atoms with van der Waals surface area (Å²) >= 11 is 0. The van der Waals surface area contributed by atoms with Crippen molar-refractivity contribution >= 4 is 5.91 Å². The molecule has 1 heterocycles. The number of amides is 1. The average molecular weight is 170 g/mol. The van der Waals surface area contributed by atoms with Gasteiger partial charge in [-0.2, -0.15) is 0 Å². The Hall–Kier alpha value is -0.610. The molecule has 1 unspecified atom stereocenters. The summed E-state index contributed by atoms with van der Waals surface area (Å²) in [5.74, 6) is 0.0500. The highest BCUT2D eigenvalue weighted by Crippen LogP contribution is 2.19. The molecule has 1 aliphatic carbocycles. The van der Waals surface area contributed by atoms with Crippen molar-refractivity contribution in [3.63, 3.8) is 0 Å². The number of β-amino-alcohol motifs (C(OH)–C–C–N with tert-alkyl or cyclic N) is 1. The van der Waals surface area contributed by atoms with Gasteiger partial charge in [0.2, 0.25) is 5.91 Å². The number of nitrogens with one attached hydrogen (secondary N) is 2. The van der Waals surface area contributed by atoms with Crippen LogP contribution in [0.5, 0.6) is 0 Å². The number of carbonyl (C=O) groups excluding carboxylic acids is 1. The van der Waals surface area contributed by atoms with Crippen molar-refractivity contribution in [1.29, 1.82) is 0 Å². The Kier molecular flexibility index (Phi) is 2.02. The smallest absolute Gasteiger partial charge is 0.237 e. The van der Waals surface area contributed by atoms with E-state index in [1.54, 1.807) is 0 Å². The summed E-state index contributed by atoms with van der Waals surface area (Å²) in [6, 6.07) is 0.248. The summed E-state index contributed by atoms with van der Waals surface area (Å²) in [6.07, 6.45) is 2.43. The van der Waals surface area contributed by atoms with Gasteiger partial charge in [-0.25, -0.2) is 0 Å². The first-order valence-corrected chi connectivity index (χ1v) is 4.47. The first-order valence-electron chi connectivity index (χ1n) is 4.47. The van der Waals surface area contributed by atoms with Crippen molar-refractivity contribution in [2.75, 3.05) is 6.54 Å². The lowest BCUT2D eigenvalue weighted by atomic mass is 10.2. The molecule has 68 valence electrons. The standard InChI is InChI=1S/C8H14N2O2/c11-6-3-7(9-4-6)8(12)10-5-1-2-5/h5-7,9,11H,1-4H2,(H,10,12)/t6-,7?/m1/s1. The van der Waals surface area contributed by atoms with Crippen LogP contribution >= 0.6 is 0 Å². The van der Waals surface area contributed by atoms with Crippen molar-refractivity contribution < 1.29 is 9.90 Å². The maximum absolute atomic E-state index is 11.4. The van der Waals surface area contributed by atoms with Crippen molar-refractivity contribution in [2.45, 2.75) is 37.5 Å². The molecule has 2 aliphatic rings. The highest BCUT2D eigenvalue weighted by molar-refractivity contribution is 5.82. The second-order valence-electron chi connectivity index (χ2n) is 3.63. The average Bonchev–Trinajstić information content (AvgIpc) is 2.72. The maximum atomic E-state index is 11.4. The monoisotopic (exact) mass is 170 g/mol. The van der Waals surface area contributed by atoms with E-state index in [0.29, 0.717) is 19.0 Å². The lowest BCUT2D eigenvalue weighted by molar-refractivity contribution is -0.123. The van der Waals surface area contributed by atoms with Gasteiger partial charge >= 0.3 is 0 Å². The molecular formula is C8H14N2O2. The third-order valence-electron chi connectivity index (χ3n) is 2.35. The Bertz CT molecular complexity index is 191. The quantitative estimate of drug-likeness (QED) is 0.497. The first kappa shape index (κ1) is 8.01. The fourth-order valence-electron chi connectivity index (χ4n) is 1.45. The van der Waals surface area contributed by atoms with Crippen LogP contribution in [0.2, 0.25) is 0 Å². The molecule has 1 saturated carbocycles. The Morgan fingerprint density at radius 2 is 2.25 bits per heavy atom. The molecule has 2 atom stereocenters. The van der Waals surface area contributed by atoms with Crippen LogP contribution in [0.3, 0.4) is 0 Å². The van der Waals surface area contributed by atoms with Crippen LogP contribution in [0.15, 0.2) is 0 Å². The SMILES string of the molecule is O=C(NC1CC1)C1C[C@@H](O)CN1. The predicted molar refractivity (Wildman–Crippen MR) is 43.6 cm³/mol. The Balaban J connectivity index is 1.79. The Labute approximate surface area is 71.3 Å². The summed E-state index contributed by atoms with van der Waals surface area (Å²) in [7, 11) is 0. The molecule has 2 fully saturated rings. The zero-order chi connectivity index (χ0) is 8.55. The van der Waals surface area contributed by atoms with Crippen LogP contribution < -0.4 is 10.6 Å². The molecule has 0 spiro atoms. The molecular weight excluding hydrogens is 156 g/mol. The predicted octanol–water partition coefficient (Wildman–Crippen LogP) is -1.01. The molecule has 0 aromatic rings. The lowest BCUT2D eigenvalue weighted by Gasteiger charge is -2.09. The second-order valence-corrected chi connectivity index (χ2v) is 3.63. The van der Waals surface area contributed by atoms with Gasteiger partial charge in [0.15, 0.2) is 0 Å². The minimum Gasteiger partial charge on any atom is -0.392 e.